The van der Waals surface area contributed by atoms with Crippen LogP contribution in [-0.4, -0.2) is 46.9 Å². The molecule has 6 bridgehead atoms. The van der Waals surface area contributed by atoms with Crippen LogP contribution in [0.5, 0.6) is 5.75 Å². The smallest absolute Gasteiger partial charge is 0.255 e. The number of ether oxygens (including phenoxy) is 1. The van der Waals surface area contributed by atoms with Gasteiger partial charge in [-0.3, -0.25) is 14.5 Å². The first-order valence-corrected chi connectivity index (χ1v) is 13.7. The van der Waals surface area contributed by atoms with Crippen LogP contribution in [0.2, 0.25) is 0 Å². The van der Waals surface area contributed by atoms with Gasteiger partial charge in [-0.25, -0.2) is 14.4 Å². The summed E-state index contributed by atoms with van der Waals surface area (Å²) in [6, 6.07) is 19.0. The standard InChI is InChI=1S/C33H31FN6O3/c1-3-30(41)36-25-12-10-23(11-13-25)32(42)37-28-18-22-19-29(31(28)34)39-33-35-15-14-27(38-33)24-8-7-9-26(20-24)43-17-6-4-5-16-40(2)21-22/h3-5,7-15,18-20H,1,6,16-17,21H2,2H3,(H,36,41)(H,37,42)(H,35,38,39)/b5-4+. The van der Waals surface area contributed by atoms with Gasteiger partial charge in [0.1, 0.15) is 5.75 Å². The Hall–Kier alpha value is -5.35. The predicted octanol–water partition coefficient (Wildman–Crippen LogP) is 6.17. The molecule has 0 fully saturated rings. The maximum absolute atomic E-state index is 15.9. The van der Waals surface area contributed by atoms with Crippen molar-refractivity contribution in [2.45, 2.75) is 13.0 Å². The highest BCUT2D eigenvalue weighted by atomic mass is 19.1. The van der Waals surface area contributed by atoms with Crippen LogP contribution in [0.4, 0.5) is 27.4 Å². The van der Waals surface area contributed by atoms with E-state index in [1.54, 1.807) is 48.7 Å². The molecule has 9 nitrogen and oxygen atoms in total. The lowest BCUT2D eigenvalue weighted by Crippen LogP contribution is -2.19. The van der Waals surface area contributed by atoms with Crippen LogP contribution in [0.15, 0.2) is 97.7 Å². The third kappa shape index (κ3) is 7.69. The van der Waals surface area contributed by atoms with Gasteiger partial charge in [0.05, 0.1) is 23.7 Å². The molecule has 2 amide bonds. The Kier molecular flexibility index (Phi) is 9.18. The molecule has 3 aromatic carbocycles. The number of aromatic nitrogens is 2. The summed E-state index contributed by atoms with van der Waals surface area (Å²) in [7, 11) is 1.96. The largest absolute Gasteiger partial charge is 0.493 e. The summed E-state index contributed by atoms with van der Waals surface area (Å²) in [5.41, 5.74) is 3.17. The molecule has 218 valence electrons. The van der Waals surface area contributed by atoms with Gasteiger partial charge in [0.15, 0.2) is 5.82 Å². The number of fused-ring (bicyclic) bond motifs is 7. The zero-order valence-corrected chi connectivity index (χ0v) is 23.6. The Morgan fingerprint density at radius 2 is 1.91 bits per heavy atom. The van der Waals surface area contributed by atoms with Crippen LogP contribution in [0.25, 0.3) is 11.3 Å². The SMILES string of the molecule is C=CC(=O)Nc1ccc(C(=O)Nc2cc3cc(c2F)Nc2nccc(n2)-c2cccc(c2)OCC/C=C/CN(C)C3)cc1. The fourth-order valence-corrected chi connectivity index (χ4v) is 4.49. The van der Waals surface area contributed by atoms with Crippen LogP contribution in [0, 0.1) is 5.82 Å². The molecular weight excluding hydrogens is 547 g/mol. The monoisotopic (exact) mass is 578 g/mol. The van der Waals surface area contributed by atoms with Crippen LogP contribution in [0.1, 0.15) is 22.3 Å². The number of halogens is 1. The van der Waals surface area contributed by atoms with E-state index >= 15 is 4.39 Å². The van der Waals surface area contributed by atoms with E-state index < -0.39 is 11.7 Å². The first kappa shape index (κ1) is 29.2. The van der Waals surface area contributed by atoms with Crippen LogP contribution >= 0.6 is 0 Å². The molecule has 0 unspecified atom stereocenters. The summed E-state index contributed by atoms with van der Waals surface area (Å²) in [4.78, 5) is 35.6. The molecule has 0 aliphatic carbocycles. The molecule has 0 atom stereocenters. The Morgan fingerprint density at radius 1 is 1.07 bits per heavy atom. The van der Waals surface area contributed by atoms with E-state index in [4.69, 9.17) is 4.74 Å². The van der Waals surface area contributed by atoms with E-state index in [0.29, 0.717) is 36.6 Å². The van der Waals surface area contributed by atoms with Gasteiger partial charge >= 0.3 is 0 Å². The molecular formula is C33H31FN6O3. The van der Waals surface area contributed by atoms with Crippen molar-refractivity contribution in [1.29, 1.82) is 0 Å². The number of nitrogens with one attached hydrogen (secondary N) is 3. The highest BCUT2D eigenvalue weighted by Gasteiger charge is 2.17. The van der Waals surface area contributed by atoms with Crippen LogP contribution in [-0.2, 0) is 11.3 Å². The highest BCUT2D eigenvalue weighted by Crippen LogP contribution is 2.29. The van der Waals surface area contributed by atoms with Crippen molar-refractivity contribution in [3.05, 3.63) is 115 Å². The second-order valence-corrected chi connectivity index (χ2v) is 9.95. The lowest BCUT2D eigenvalue weighted by molar-refractivity contribution is -0.111. The summed E-state index contributed by atoms with van der Waals surface area (Å²) < 4.78 is 21.8. The maximum Gasteiger partial charge on any atom is 0.255 e. The minimum Gasteiger partial charge on any atom is -0.493 e. The maximum atomic E-state index is 15.9. The summed E-state index contributed by atoms with van der Waals surface area (Å²) in [5.74, 6) is -0.598. The Balaban J connectivity index is 1.46. The molecule has 0 saturated heterocycles. The highest BCUT2D eigenvalue weighted by molar-refractivity contribution is 6.05. The van der Waals surface area contributed by atoms with E-state index in [1.165, 1.54) is 0 Å². The van der Waals surface area contributed by atoms with Gasteiger partial charge in [-0.05, 0) is 79.7 Å². The van der Waals surface area contributed by atoms with Gasteiger partial charge in [0, 0.05) is 36.1 Å². The second-order valence-electron chi connectivity index (χ2n) is 9.95. The fourth-order valence-electron chi connectivity index (χ4n) is 4.49. The molecule has 4 aromatic rings. The summed E-state index contributed by atoms with van der Waals surface area (Å²) in [5, 5.41) is 8.33. The van der Waals surface area contributed by atoms with Crippen molar-refractivity contribution in [2.24, 2.45) is 0 Å². The molecule has 1 aliphatic rings. The van der Waals surface area contributed by atoms with Crippen LogP contribution in [0.3, 0.4) is 0 Å². The van der Waals surface area contributed by atoms with Crippen molar-refractivity contribution in [3.8, 4) is 17.0 Å². The number of benzene rings is 3. The van der Waals surface area contributed by atoms with E-state index in [-0.39, 0.29) is 23.2 Å². The zero-order valence-electron chi connectivity index (χ0n) is 23.6. The lowest BCUT2D eigenvalue weighted by atomic mass is 10.1. The second kappa shape index (κ2) is 13.5. The number of hydrogen-bond acceptors (Lipinski definition) is 7. The number of anilines is 4. The first-order valence-electron chi connectivity index (χ1n) is 13.7. The summed E-state index contributed by atoms with van der Waals surface area (Å²) in [6.45, 7) is 5.11. The average molecular weight is 579 g/mol. The van der Waals surface area contributed by atoms with E-state index in [1.807, 2.05) is 31.3 Å². The quantitative estimate of drug-likeness (QED) is 0.196. The molecule has 43 heavy (non-hydrogen) atoms. The molecule has 0 spiro atoms. The minimum absolute atomic E-state index is 0.00777. The molecule has 0 radical (unpaired) electrons. The fraction of sp³-hybridized carbons (Fsp3) is 0.152. The Bertz CT molecular complexity index is 1670. The van der Waals surface area contributed by atoms with Gasteiger partial charge in [0.2, 0.25) is 11.9 Å². The average Bonchev–Trinajstić information content (AvgIpc) is 3.01. The summed E-state index contributed by atoms with van der Waals surface area (Å²) in [6.07, 6.45) is 7.63. The van der Waals surface area contributed by atoms with Gasteiger partial charge in [-0.15, -0.1) is 0 Å². The predicted molar refractivity (Wildman–Crippen MR) is 166 cm³/mol. The van der Waals surface area contributed by atoms with Gasteiger partial charge < -0.3 is 20.7 Å². The van der Waals surface area contributed by atoms with Crippen molar-refractivity contribution >= 4 is 34.8 Å². The van der Waals surface area contributed by atoms with Gasteiger partial charge in [-0.2, -0.15) is 0 Å². The minimum atomic E-state index is -0.659. The van der Waals surface area contributed by atoms with Crippen molar-refractivity contribution in [3.63, 3.8) is 0 Å². The first-order chi connectivity index (χ1) is 20.9. The van der Waals surface area contributed by atoms with E-state index in [0.717, 1.165) is 29.4 Å². The number of amides is 2. The summed E-state index contributed by atoms with van der Waals surface area (Å²) >= 11 is 0. The normalized spacial score (nSPS) is 14.2. The van der Waals surface area contributed by atoms with Crippen molar-refractivity contribution in [1.82, 2.24) is 14.9 Å². The number of likely N-dealkylation sites (N-methyl/N-ethyl adjacent to an activating group) is 1. The molecule has 5 rings (SSSR count). The Labute approximate surface area is 249 Å². The van der Waals surface area contributed by atoms with Gasteiger partial charge in [-0.1, -0.05) is 30.9 Å². The molecule has 3 N–H and O–H groups in total. The number of carbonyl (C=O) groups is 2. The number of nitrogens with zero attached hydrogens (tertiary/aromatic N) is 3. The zero-order chi connectivity index (χ0) is 30.2. The number of rotatable bonds is 4. The molecule has 0 saturated carbocycles. The third-order valence-electron chi connectivity index (χ3n) is 6.60. The van der Waals surface area contributed by atoms with E-state index in [9.17, 15) is 9.59 Å². The topological polar surface area (TPSA) is 108 Å². The van der Waals surface area contributed by atoms with Crippen molar-refractivity contribution < 1.29 is 18.7 Å². The molecule has 10 heteroatoms. The Morgan fingerprint density at radius 3 is 2.72 bits per heavy atom. The van der Waals surface area contributed by atoms with Crippen molar-refractivity contribution in [2.75, 3.05) is 36.1 Å². The van der Waals surface area contributed by atoms with Gasteiger partial charge in [0.25, 0.3) is 5.91 Å². The lowest BCUT2D eigenvalue weighted by Gasteiger charge is -2.18. The van der Waals surface area contributed by atoms with E-state index in [2.05, 4.69) is 49.5 Å². The molecule has 1 aromatic heterocycles. The number of carbonyl (C=O) groups excluding carboxylic acids is 2. The molecule has 1 aliphatic heterocycles. The third-order valence-corrected chi connectivity index (χ3v) is 6.60. The number of hydrogen-bond donors (Lipinski definition) is 3. The molecule has 2 heterocycles. The van der Waals surface area contributed by atoms with Crippen LogP contribution < -0.4 is 20.7 Å².